The van der Waals surface area contributed by atoms with E-state index < -0.39 is 0 Å². The van der Waals surface area contributed by atoms with E-state index in [4.69, 9.17) is 4.74 Å². The molecular formula is C11H12N2O. The summed E-state index contributed by atoms with van der Waals surface area (Å²) in [7, 11) is 1.66. The number of hydrogen-bond acceptors (Lipinski definition) is 2. The highest BCUT2D eigenvalue weighted by Gasteiger charge is 2.02. The zero-order chi connectivity index (χ0) is 9.97. The van der Waals surface area contributed by atoms with Crippen molar-refractivity contribution in [2.45, 2.75) is 6.54 Å². The predicted molar refractivity (Wildman–Crippen MR) is 56.5 cm³/mol. The number of benzene rings is 1. The van der Waals surface area contributed by atoms with Gasteiger partial charge >= 0.3 is 0 Å². The molecule has 14 heavy (non-hydrogen) atoms. The topological polar surface area (TPSA) is 27.1 Å². The predicted octanol–water partition coefficient (Wildman–Crippen LogP) is 2.23. The van der Waals surface area contributed by atoms with E-state index in [0.717, 1.165) is 23.3 Å². The van der Waals surface area contributed by atoms with Crippen LogP contribution in [-0.2, 0) is 6.54 Å². The van der Waals surface area contributed by atoms with Gasteiger partial charge in [0.1, 0.15) is 5.75 Å². The molecule has 1 heterocycles. The van der Waals surface area contributed by atoms with Gasteiger partial charge in [-0.2, -0.15) is 0 Å². The molecule has 0 fully saturated rings. The van der Waals surface area contributed by atoms with E-state index in [-0.39, 0.29) is 0 Å². The molecular weight excluding hydrogens is 176 g/mol. The maximum absolute atomic E-state index is 5.16. The Labute approximate surface area is 82.6 Å². The van der Waals surface area contributed by atoms with E-state index in [2.05, 4.69) is 11.6 Å². The average Bonchev–Trinajstić information content (AvgIpc) is 2.61. The highest BCUT2D eigenvalue weighted by Crippen LogP contribution is 2.19. The molecule has 2 rings (SSSR count). The van der Waals surface area contributed by atoms with E-state index in [0.29, 0.717) is 0 Å². The second-order valence-corrected chi connectivity index (χ2v) is 3.04. The zero-order valence-electron chi connectivity index (χ0n) is 8.10. The van der Waals surface area contributed by atoms with Gasteiger partial charge in [0.05, 0.1) is 24.5 Å². The standard InChI is InChI=1S/C11H12N2O/c1-3-6-13-8-12-10-5-4-9(14-2)7-11(10)13/h3-5,7-8H,1,6H2,2H3. The van der Waals surface area contributed by atoms with E-state index >= 15 is 0 Å². The van der Waals surface area contributed by atoms with Crippen LogP contribution >= 0.6 is 0 Å². The maximum Gasteiger partial charge on any atom is 0.121 e. The second-order valence-electron chi connectivity index (χ2n) is 3.04. The van der Waals surface area contributed by atoms with Crippen LogP contribution in [0, 0.1) is 0 Å². The fourth-order valence-electron chi connectivity index (χ4n) is 1.45. The lowest BCUT2D eigenvalue weighted by atomic mass is 10.3. The molecule has 72 valence electrons. The van der Waals surface area contributed by atoms with E-state index in [1.54, 1.807) is 7.11 Å². The van der Waals surface area contributed by atoms with Crippen molar-refractivity contribution < 1.29 is 4.74 Å². The van der Waals surface area contributed by atoms with Gasteiger partial charge in [-0.05, 0) is 12.1 Å². The van der Waals surface area contributed by atoms with Gasteiger partial charge < -0.3 is 9.30 Å². The molecule has 0 spiro atoms. The highest BCUT2D eigenvalue weighted by molar-refractivity contribution is 5.77. The van der Waals surface area contributed by atoms with Gasteiger partial charge in [-0.15, -0.1) is 6.58 Å². The summed E-state index contributed by atoms with van der Waals surface area (Å²) in [5.74, 6) is 0.850. The first kappa shape index (κ1) is 8.81. The van der Waals surface area contributed by atoms with Gasteiger partial charge in [0.15, 0.2) is 0 Å². The number of allylic oxidation sites excluding steroid dienone is 1. The minimum atomic E-state index is 0.768. The van der Waals surface area contributed by atoms with Crippen molar-refractivity contribution in [3.63, 3.8) is 0 Å². The fraction of sp³-hybridized carbons (Fsp3) is 0.182. The first-order chi connectivity index (χ1) is 6.85. The van der Waals surface area contributed by atoms with Gasteiger partial charge in [-0.25, -0.2) is 4.98 Å². The molecule has 1 aromatic heterocycles. The van der Waals surface area contributed by atoms with Gasteiger partial charge in [-0.3, -0.25) is 0 Å². The van der Waals surface area contributed by atoms with Crippen LogP contribution in [0.3, 0.4) is 0 Å². The largest absolute Gasteiger partial charge is 0.497 e. The first-order valence-electron chi connectivity index (χ1n) is 4.45. The Kier molecular flexibility index (Phi) is 2.23. The van der Waals surface area contributed by atoms with Crippen LogP contribution in [0.4, 0.5) is 0 Å². The molecule has 3 nitrogen and oxygen atoms in total. The molecule has 0 amide bonds. The molecule has 0 aliphatic rings. The molecule has 0 bridgehead atoms. The van der Waals surface area contributed by atoms with Gasteiger partial charge in [-0.1, -0.05) is 6.08 Å². The third-order valence-electron chi connectivity index (χ3n) is 2.15. The molecule has 0 saturated heterocycles. The monoisotopic (exact) mass is 188 g/mol. The van der Waals surface area contributed by atoms with Crippen molar-refractivity contribution in [2.24, 2.45) is 0 Å². The summed E-state index contributed by atoms with van der Waals surface area (Å²) in [5, 5.41) is 0. The van der Waals surface area contributed by atoms with Crippen molar-refractivity contribution >= 4 is 11.0 Å². The summed E-state index contributed by atoms with van der Waals surface area (Å²) in [5.41, 5.74) is 2.05. The summed E-state index contributed by atoms with van der Waals surface area (Å²) < 4.78 is 7.19. The van der Waals surface area contributed by atoms with Crippen LogP contribution in [0.25, 0.3) is 11.0 Å². The summed E-state index contributed by atoms with van der Waals surface area (Å²) in [6, 6.07) is 5.84. The summed E-state index contributed by atoms with van der Waals surface area (Å²) >= 11 is 0. The molecule has 0 saturated carbocycles. The lowest BCUT2D eigenvalue weighted by Gasteiger charge is -2.01. The number of hydrogen-bond donors (Lipinski definition) is 0. The Morgan fingerprint density at radius 1 is 1.57 bits per heavy atom. The third kappa shape index (κ3) is 1.37. The number of rotatable bonds is 3. The number of ether oxygens (including phenoxy) is 1. The van der Waals surface area contributed by atoms with Gasteiger partial charge in [0.2, 0.25) is 0 Å². The Bertz CT molecular complexity index is 459. The Hall–Kier alpha value is -1.77. The Balaban J connectivity index is 2.57. The third-order valence-corrected chi connectivity index (χ3v) is 2.15. The number of methoxy groups -OCH3 is 1. The highest BCUT2D eigenvalue weighted by atomic mass is 16.5. The minimum absolute atomic E-state index is 0.768. The summed E-state index contributed by atoms with van der Waals surface area (Å²) in [6.07, 6.45) is 3.66. The van der Waals surface area contributed by atoms with Crippen LogP contribution in [0.5, 0.6) is 5.75 Å². The van der Waals surface area contributed by atoms with Crippen molar-refractivity contribution in [1.82, 2.24) is 9.55 Å². The number of nitrogens with zero attached hydrogens (tertiary/aromatic N) is 2. The fourth-order valence-corrected chi connectivity index (χ4v) is 1.45. The molecule has 0 atom stereocenters. The van der Waals surface area contributed by atoms with E-state index in [1.807, 2.05) is 35.2 Å². The Morgan fingerprint density at radius 3 is 3.14 bits per heavy atom. The maximum atomic E-state index is 5.16. The lowest BCUT2D eigenvalue weighted by Crippen LogP contribution is -1.92. The van der Waals surface area contributed by atoms with Crippen molar-refractivity contribution in [1.29, 1.82) is 0 Å². The molecule has 3 heteroatoms. The summed E-state index contributed by atoms with van der Waals surface area (Å²) in [6.45, 7) is 4.47. The van der Waals surface area contributed by atoms with Crippen LogP contribution in [0.2, 0.25) is 0 Å². The molecule has 1 aromatic carbocycles. The van der Waals surface area contributed by atoms with E-state index in [9.17, 15) is 0 Å². The molecule has 0 N–H and O–H groups in total. The minimum Gasteiger partial charge on any atom is -0.497 e. The van der Waals surface area contributed by atoms with Crippen molar-refractivity contribution in [3.8, 4) is 5.75 Å². The van der Waals surface area contributed by atoms with Crippen LogP contribution < -0.4 is 4.74 Å². The zero-order valence-corrected chi connectivity index (χ0v) is 8.10. The van der Waals surface area contributed by atoms with Crippen LogP contribution in [-0.4, -0.2) is 16.7 Å². The molecule has 0 aliphatic carbocycles. The van der Waals surface area contributed by atoms with Gasteiger partial charge in [0, 0.05) is 12.6 Å². The van der Waals surface area contributed by atoms with E-state index in [1.165, 1.54) is 0 Å². The molecule has 0 radical (unpaired) electrons. The van der Waals surface area contributed by atoms with Crippen molar-refractivity contribution in [3.05, 3.63) is 37.2 Å². The number of fused-ring (bicyclic) bond motifs is 1. The van der Waals surface area contributed by atoms with Crippen LogP contribution in [0.1, 0.15) is 0 Å². The number of aromatic nitrogens is 2. The van der Waals surface area contributed by atoms with Crippen molar-refractivity contribution in [2.75, 3.05) is 7.11 Å². The Morgan fingerprint density at radius 2 is 2.43 bits per heavy atom. The van der Waals surface area contributed by atoms with Crippen LogP contribution in [0.15, 0.2) is 37.2 Å². The summed E-state index contributed by atoms with van der Waals surface area (Å²) in [4.78, 5) is 4.27. The molecule has 0 aliphatic heterocycles. The normalized spacial score (nSPS) is 10.4. The SMILES string of the molecule is C=CCn1cnc2ccc(OC)cc21. The lowest BCUT2D eigenvalue weighted by molar-refractivity contribution is 0.415. The first-order valence-corrected chi connectivity index (χ1v) is 4.45. The quantitative estimate of drug-likeness (QED) is 0.690. The molecule has 0 unspecified atom stereocenters. The number of imidazole rings is 1. The smallest absolute Gasteiger partial charge is 0.121 e. The second kappa shape index (κ2) is 3.54. The molecule has 2 aromatic rings. The van der Waals surface area contributed by atoms with Gasteiger partial charge in [0.25, 0.3) is 0 Å². The average molecular weight is 188 g/mol.